The summed E-state index contributed by atoms with van der Waals surface area (Å²) in [6.45, 7) is 1.31. The van der Waals surface area contributed by atoms with Crippen molar-refractivity contribution in [2.45, 2.75) is 44.9 Å². The molecule has 0 amide bonds. The van der Waals surface area contributed by atoms with Crippen LogP contribution in [0, 0.1) is 5.92 Å². The molecule has 0 radical (unpaired) electrons. The molecule has 25 heavy (non-hydrogen) atoms. The summed E-state index contributed by atoms with van der Waals surface area (Å²) in [5.41, 5.74) is 1.06. The highest BCUT2D eigenvalue weighted by atomic mass is 35.5. The number of hydrogen-bond acceptors (Lipinski definition) is 4. The number of methoxy groups -OCH3 is 1. The summed E-state index contributed by atoms with van der Waals surface area (Å²) in [7, 11) is 1.47. The summed E-state index contributed by atoms with van der Waals surface area (Å²) >= 11 is 0. The molecule has 4 nitrogen and oxygen atoms in total. The molecule has 1 aromatic rings. The summed E-state index contributed by atoms with van der Waals surface area (Å²) in [5.74, 6) is 1.24. The van der Waals surface area contributed by atoms with Gasteiger partial charge in [0.2, 0.25) is 0 Å². The summed E-state index contributed by atoms with van der Waals surface area (Å²) in [6.07, 6.45) is 5.06. The third-order valence-corrected chi connectivity index (χ3v) is 5.15. The van der Waals surface area contributed by atoms with E-state index in [1.54, 1.807) is 12.1 Å². The molecule has 2 heterocycles. The standard InChI is InChI=1S/C18H26F2N2O2.ClH/c1-23-17-11-13(4-5-16(17)24-18(19)20)12-22-9-6-14(7-10-22)15-3-2-8-21-15;/h4-5,11,14-15,18,21H,2-3,6-10,12H2,1H3;1H. The van der Waals surface area contributed by atoms with Gasteiger partial charge in [0.1, 0.15) is 0 Å². The van der Waals surface area contributed by atoms with Crippen molar-refractivity contribution in [3.05, 3.63) is 23.8 Å². The predicted octanol–water partition coefficient (Wildman–Crippen LogP) is 3.68. The Balaban J connectivity index is 0.00000225. The fourth-order valence-corrected chi connectivity index (χ4v) is 3.89. The minimum atomic E-state index is -2.84. The summed E-state index contributed by atoms with van der Waals surface area (Å²) < 4.78 is 34.4. The van der Waals surface area contributed by atoms with E-state index in [0.717, 1.165) is 37.7 Å². The molecule has 0 spiro atoms. The van der Waals surface area contributed by atoms with Crippen LogP contribution < -0.4 is 14.8 Å². The average molecular weight is 377 g/mol. The number of nitrogens with one attached hydrogen (secondary N) is 1. The molecule has 2 saturated heterocycles. The van der Waals surface area contributed by atoms with Crippen molar-refractivity contribution in [3.63, 3.8) is 0 Å². The molecule has 2 aliphatic heterocycles. The van der Waals surface area contributed by atoms with Crippen LogP contribution in [0.15, 0.2) is 18.2 Å². The SMILES string of the molecule is COc1cc(CN2CCC(C3CCCN3)CC2)ccc1OC(F)F.Cl. The van der Waals surface area contributed by atoms with Gasteiger partial charge in [-0.2, -0.15) is 8.78 Å². The summed E-state index contributed by atoms with van der Waals surface area (Å²) in [5, 5.41) is 3.62. The Bertz CT molecular complexity index is 534. The molecule has 0 saturated carbocycles. The second-order valence-electron chi connectivity index (χ2n) is 6.68. The van der Waals surface area contributed by atoms with Crippen molar-refractivity contribution >= 4 is 12.4 Å². The van der Waals surface area contributed by atoms with Crippen LogP contribution in [0.2, 0.25) is 0 Å². The molecule has 0 aromatic heterocycles. The fourth-order valence-electron chi connectivity index (χ4n) is 3.89. The number of likely N-dealkylation sites (tertiary alicyclic amines) is 1. The Morgan fingerprint density at radius 1 is 1.20 bits per heavy atom. The molecule has 0 aliphatic carbocycles. The predicted molar refractivity (Wildman–Crippen MR) is 95.9 cm³/mol. The first-order valence-electron chi connectivity index (χ1n) is 8.73. The molecule has 1 aromatic carbocycles. The second kappa shape index (κ2) is 9.55. The van der Waals surface area contributed by atoms with Gasteiger partial charge in [0.05, 0.1) is 7.11 Å². The molecule has 2 fully saturated rings. The highest BCUT2D eigenvalue weighted by molar-refractivity contribution is 5.85. The Kier molecular flexibility index (Phi) is 7.72. The number of ether oxygens (including phenoxy) is 2. The van der Waals surface area contributed by atoms with Crippen LogP contribution in [-0.2, 0) is 6.54 Å². The Morgan fingerprint density at radius 3 is 2.56 bits per heavy atom. The molecule has 3 rings (SSSR count). The van der Waals surface area contributed by atoms with Crippen LogP contribution in [0.4, 0.5) is 8.78 Å². The van der Waals surface area contributed by atoms with Crippen molar-refractivity contribution in [3.8, 4) is 11.5 Å². The van der Waals surface area contributed by atoms with E-state index in [1.165, 1.54) is 32.8 Å². The molecule has 1 N–H and O–H groups in total. The maximum absolute atomic E-state index is 12.4. The van der Waals surface area contributed by atoms with Crippen molar-refractivity contribution < 1.29 is 18.3 Å². The normalized spacial score (nSPS) is 22.0. The van der Waals surface area contributed by atoms with Gasteiger partial charge in [0.25, 0.3) is 0 Å². The number of piperidine rings is 1. The van der Waals surface area contributed by atoms with Crippen molar-refractivity contribution in [1.29, 1.82) is 0 Å². The Hall–Kier alpha value is -1.11. The number of hydrogen-bond donors (Lipinski definition) is 1. The topological polar surface area (TPSA) is 33.7 Å². The Morgan fingerprint density at radius 2 is 1.96 bits per heavy atom. The van der Waals surface area contributed by atoms with Gasteiger partial charge in [0.15, 0.2) is 11.5 Å². The van der Waals surface area contributed by atoms with E-state index in [9.17, 15) is 8.78 Å². The number of rotatable bonds is 6. The number of alkyl halides is 2. The maximum atomic E-state index is 12.4. The van der Waals surface area contributed by atoms with E-state index in [4.69, 9.17) is 4.74 Å². The van der Waals surface area contributed by atoms with Crippen molar-refractivity contribution in [2.24, 2.45) is 5.92 Å². The van der Waals surface area contributed by atoms with Gasteiger partial charge >= 0.3 is 6.61 Å². The second-order valence-corrected chi connectivity index (χ2v) is 6.68. The van der Waals surface area contributed by atoms with Gasteiger partial charge in [-0.15, -0.1) is 12.4 Å². The molecule has 7 heteroatoms. The molecular weight excluding hydrogens is 350 g/mol. The zero-order chi connectivity index (χ0) is 16.9. The van der Waals surface area contributed by atoms with Gasteiger partial charge in [-0.05, 0) is 68.9 Å². The molecule has 0 bridgehead atoms. The summed E-state index contributed by atoms with van der Waals surface area (Å²) in [6, 6.07) is 5.90. The number of halogens is 3. The van der Waals surface area contributed by atoms with E-state index < -0.39 is 6.61 Å². The van der Waals surface area contributed by atoms with E-state index in [1.807, 2.05) is 6.07 Å². The third-order valence-electron chi connectivity index (χ3n) is 5.15. The van der Waals surface area contributed by atoms with Crippen LogP contribution in [0.1, 0.15) is 31.2 Å². The minimum absolute atomic E-state index is 0. The van der Waals surface area contributed by atoms with Crippen LogP contribution in [0.3, 0.4) is 0 Å². The van der Waals surface area contributed by atoms with Gasteiger partial charge in [-0.3, -0.25) is 4.90 Å². The lowest BCUT2D eigenvalue weighted by Crippen LogP contribution is -2.40. The minimum Gasteiger partial charge on any atom is -0.493 e. The van der Waals surface area contributed by atoms with Crippen molar-refractivity contribution in [2.75, 3.05) is 26.7 Å². The lowest BCUT2D eigenvalue weighted by Gasteiger charge is -2.35. The average Bonchev–Trinajstić information content (AvgIpc) is 3.11. The lowest BCUT2D eigenvalue weighted by atomic mass is 9.88. The zero-order valence-electron chi connectivity index (χ0n) is 14.5. The van der Waals surface area contributed by atoms with Gasteiger partial charge in [-0.25, -0.2) is 0 Å². The highest BCUT2D eigenvalue weighted by Crippen LogP contribution is 2.31. The number of benzene rings is 1. The van der Waals surface area contributed by atoms with Crippen LogP contribution in [0.25, 0.3) is 0 Å². The largest absolute Gasteiger partial charge is 0.493 e. The molecular formula is C18H27ClF2N2O2. The molecule has 2 aliphatic rings. The van der Waals surface area contributed by atoms with E-state index in [2.05, 4.69) is 15.0 Å². The first-order chi connectivity index (χ1) is 11.7. The smallest absolute Gasteiger partial charge is 0.387 e. The Labute approximate surface area is 154 Å². The van der Waals surface area contributed by atoms with Crippen LogP contribution >= 0.6 is 12.4 Å². The molecule has 142 valence electrons. The first-order valence-corrected chi connectivity index (χ1v) is 8.73. The molecule has 1 atom stereocenters. The van der Waals surface area contributed by atoms with Gasteiger partial charge in [-0.1, -0.05) is 6.07 Å². The van der Waals surface area contributed by atoms with E-state index >= 15 is 0 Å². The lowest BCUT2D eigenvalue weighted by molar-refractivity contribution is -0.0512. The van der Waals surface area contributed by atoms with Crippen molar-refractivity contribution in [1.82, 2.24) is 10.2 Å². The van der Waals surface area contributed by atoms with E-state index in [-0.39, 0.29) is 18.2 Å². The molecule has 1 unspecified atom stereocenters. The zero-order valence-corrected chi connectivity index (χ0v) is 15.4. The van der Waals surface area contributed by atoms with E-state index in [0.29, 0.717) is 11.8 Å². The summed E-state index contributed by atoms with van der Waals surface area (Å²) in [4.78, 5) is 2.42. The van der Waals surface area contributed by atoms with Gasteiger partial charge in [0, 0.05) is 12.6 Å². The quantitative estimate of drug-likeness (QED) is 0.821. The highest BCUT2D eigenvalue weighted by Gasteiger charge is 2.28. The maximum Gasteiger partial charge on any atom is 0.387 e. The fraction of sp³-hybridized carbons (Fsp3) is 0.667. The monoisotopic (exact) mass is 376 g/mol. The number of nitrogens with zero attached hydrogens (tertiary/aromatic N) is 1. The first kappa shape index (κ1) is 20.2. The van der Waals surface area contributed by atoms with Gasteiger partial charge < -0.3 is 14.8 Å². The van der Waals surface area contributed by atoms with Crippen LogP contribution in [-0.4, -0.2) is 44.3 Å². The third kappa shape index (κ3) is 5.43. The van der Waals surface area contributed by atoms with Crippen LogP contribution in [0.5, 0.6) is 11.5 Å².